The maximum Gasteiger partial charge on any atom is 0.251 e. The number of aromatic nitrogens is 3. The molecule has 0 unspecified atom stereocenters. The van der Waals surface area contributed by atoms with Crippen molar-refractivity contribution in [1.29, 1.82) is 0 Å². The largest absolute Gasteiger partial charge is 0.492 e. The van der Waals surface area contributed by atoms with Crippen LogP contribution in [0.25, 0.3) is 22.0 Å². The van der Waals surface area contributed by atoms with Gasteiger partial charge in [0.1, 0.15) is 18.1 Å². The maximum atomic E-state index is 12.8. The second-order valence-corrected chi connectivity index (χ2v) is 8.58. The molecule has 7 heteroatoms. The number of nitrogens with zero attached hydrogens (tertiary/aromatic N) is 4. The van der Waals surface area contributed by atoms with Gasteiger partial charge in [-0.2, -0.15) is 0 Å². The van der Waals surface area contributed by atoms with Crippen molar-refractivity contribution in [1.82, 2.24) is 19.6 Å². The van der Waals surface area contributed by atoms with Crippen LogP contribution in [-0.2, 0) is 6.54 Å². The molecule has 0 N–H and O–H groups in total. The van der Waals surface area contributed by atoms with E-state index in [1.54, 1.807) is 16.8 Å². The van der Waals surface area contributed by atoms with Gasteiger partial charge in [0.05, 0.1) is 29.0 Å². The summed E-state index contributed by atoms with van der Waals surface area (Å²) in [6, 6.07) is 13.3. The summed E-state index contributed by atoms with van der Waals surface area (Å²) in [6.07, 6.45) is 4.24. The predicted octanol–water partition coefficient (Wildman–Crippen LogP) is 4.19. The highest BCUT2D eigenvalue weighted by Gasteiger charge is 2.19. The average Bonchev–Trinajstić information content (AvgIpc) is 3.46. The van der Waals surface area contributed by atoms with Crippen molar-refractivity contribution in [3.63, 3.8) is 0 Å². The van der Waals surface area contributed by atoms with Crippen LogP contribution in [0.1, 0.15) is 30.0 Å². The number of aryl methyl sites for hydroxylation is 2. The van der Waals surface area contributed by atoms with E-state index in [9.17, 15) is 4.79 Å². The summed E-state index contributed by atoms with van der Waals surface area (Å²) in [4.78, 5) is 19.6. The number of hydrogen-bond donors (Lipinski definition) is 0. The second-order valence-electron chi connectivity index (χ2n) is 8.58. The average molecular weight is 445 g/mol. The van der Waals surface area contributed by atoms with Gasteiger partial charge in [-0.1, -0.05) is 11.2 Å². The molecule has 0 amide bonds. The first-order valence-corrected chi connectivity index (χ1v) is 11.5. The monoisotopic (exact) mass is 444 g/mol. The van der Waals surface area contributed by atoms with Crippen molar-refractivity contribution < 1.29 is 9.26 Å². The van der Waals surface area contributed by atoms with E-state index in [4.69, 9.17) is 9.26 Å². The van der Waals surface area contributed by atoms with Gasteiger partial charge in [0.25, 0.3) is 5.56 Å². The van der Waals surface area contributed by atoms with Crippen molar-refractivity contribution >= 4 is 10.9 Å². The number of likely N-dealkylation sites (tertiary alicyclic amines) is 1. The minimum Gasteiger partial charge on any atom is -0.492 e. The first-order chi connectivity index (χ1) is 16.1. The zero-order valence-corrected chi connectivity index (χ0v) is 19.1. The van der Waals surface area contributed by atoms with Crippen molar-refractivity contribution in [2.24, 2.45) is 0 Å². The van der Waals surface area contributed by atoms with Gasteiger partial charge in [-0.25, -0.2) is 0 Å². The molecule has 33 heavy (non-hydrogen) atoms. The Kier molecular flexibility index (Phi) is 5.96. The van der Waals surface area contributed by atoms with Gasteiger partial charge in [-0.05, 0) is 69.4 Å². The van der Waals surface area contributed by atoms with E-state index in [-0.39, 0.29) is 5.56 Å². The molecule has 7 nitrogen and oxygen atoms in total. The lowest BCUT2D eigenvalue weighted by Gasteiger charge is -2.18. The molecule has 1 fully saturated rings. The van der Waals surface area contributed by atoms with Crippen LogP contribution in [0, 0.1) is 13.8 Å². The quantitative estimate of drug-likeness (QED) is 0.426. The first kappa shape index (κ1) is 21.4. The molecule has 4 heterocycles. The lowest BCUT2D eigenvalue weighted by Crippen LogP contribution is -2.25. The Labute approximate surface area is 192 Å². The van der Waals surface area contributed by atoms with Crippen LogP contribution in [0.5, 0.6) is 5.75 Å². The molecule has 0 radical (unpaired) electrons. The number of ether oxygens (including phenoxy) is 1. The fourth-order valence-corrected chi connectivity index (χ4v) is 4.61. The Hall–Kier alpha value is -3.45. The highest BCUT2D eigenvalue weighted by molar-refractivity contribution is 5.89. The molecule has 0 saturated carbocycles. The zero-order valence-electron chi connectivity index (χ0n) is 19.1. The third-order valence-electron chi connectivity index (χ3n) is 6.30. The van der Waals surface area contributed by atoms with Crippen molar-refractivity contribution in [3.05, 3.63) is 76.2 Å². The smallest absolute Gasteiger partial charge is 0.251 e. The molecule has 0 bridgehead atoms. The highest BCUT2D eigenvalue weighted by atomic mass is 16.5. The number of rotatable bonds is 7. The summed E-state index contributed by atoms with van der Waals surface area (Å²) >= 11 is 0. The summed E-state index contributed by atoms with van der Waals surface area (Å²) in [6.45, 7) is 7.97. The van der Waals surface area contributed by atoms with Crippen LogP contribution in [0.15, 0.2) is 58.0 Å². The first-order valence-electron chi connectivity index (χ1n) is 11.5. The molecule has 1 saturated heterocycles. The molecular weight excluding hydrogens is 416 g/mol. The summed E-state index contributed by atoms with van der Waals surface area (Å²) in [5.41, 5.74) is 4.27. The lowest BCUT2D eigenvalue weighted by molar-refractivity contribution is 0.238. The number of hydrogen-bond acceptors (Lipinski definition) is 6. The summed E-state index contributed by atoms with van der Waals surface area (Å²) in [5, 5.41) is 5.09. The van der Waals surface area contributed by atoms with E-state index < -0.39 is 0 Å². The Morgan fingerprint density at radius 1 is 1.09 bits per heavy atom. The maximum absolute atomic E-state index is 12.8. The summed E-state index contributed by atoms with van der Waals surface area (Å²) in [5.74, 6) is 1.48. The summed E-state index contributed by atoms with van der Waals surface area (Å²) < 4.78 is 13.5. The standard InChI is InChI=1S/C26H28N4O3/c1-18-26(19(2)33-28-18)22-15-20-8-9-25(31)30(17-21-7-3-4-10-27-21)23(20)16-24(22)32-14-13-29-11-5-6-12-29/h3-4,7-10,15-16H,5-6,11-14,17H2,1-2H3. The second kappa shape index (κ2) is 9.19. The fourth-order valence-electron chi connectivity index (χ4n) is 4.61. The van der Waals surface area contributed by atoms with Crippen LogP contribution in [0.4, 0.5) is 0 Å². The Bertz CT molecular complexity index is 1300. The van der Waals surface area contributed by atoms with Crippen LogP contribution in [0.3, 0.4) is 0 Å². The third kappa shape index (κ3) is 4.41. The predicted molar refractivity (Wildman–Crippen MR) is 128 cm³/mol. The van der Waals surface area contributed by atoms with Crippen molar-refractivity contribution in [2.75, 3.05) is 26.2 Å². The van der Waals surface area contributed by atoms with E-state index in [1.165, 1.54) is 12.8 Å². The number of pyridine rings is 2. The van der Waals surface area contributed by atoms with E-state index in [1.807, 2.05) is 44.2 Å². The molecule has 1 aliphatic heterocycles. The van der Waals surface area contributed by atoms with Crippen molar-refractivity contribution in [2.45, 2.75) is 33.2 Å². The molecule has 4 aromatic rings. The molecule has 0 atom stereocenters. The normalized spacial score (nSPS) is 14.2. The summed E-state index contributed by atoms with van der Waals surface area (Å²) in [7, 11) is 0. The van der Waals surface area contributed by atoms with Gasteiger partial charge in [-0.3, -0.25) is 14.7 Å². The molecule has 3 aromatic heterocycles. The van der Waals surface area contributed by atoms with Gasteiger partial charge in [0.15, 0.2) is 0 Å². The molecule has 0 spiro atoms. The highest BCUT2D eigenvalue weighted by Crippen LogP contribution is 2.37. The Morgan fingerprint density at radius 2 is 1.94 bits per heavy atom. The lowest BCUT2D eigenvalue weighted by atomic mass is 10.0. The third-order valence-corrected chi connectivity index (χ3v) is 6.30. The molecule has 1 aromatic carbocycles. The van der Waals surface area contributed by atoms with Gasteiger partial charge < -0.3 is 13.8 Å². The molecule has 5 rings (SSSR count). The van der Waals surface area contributed by atoms with Crippen LogP contribution < -0.4 is 10.3 Å². The number of fused-ring (bicyclic) bond motifs is 1. The Balaban J connectivity index is 1.59. The molecule has 170 valence electrons. The zero-order chi connectivity index (χ0) is 22.8. The minimum atomic E-state index is -0.0683. The fraction of sp³-hybridized carbons (Fsp3) is 0.346. The van der Waals surface area contributed by atoms with E-state index in [2.05, 4.69) is 21.1 Å². The van der Waals surface area contributed by atoms with Crippen molar-refractivity contribution in [3.8, 4) is 16.9 Å². The van der Waals surface area contributed by atoms with Crippen LogP contribution >= 0.6 is 0 Å². The Morgan fingerprint density at radius 3 is 2.67 bits per heavy atom. The van der Waals surface area contributed by atoms with Gasteiger partial charge >= 0.3 is 0 Å². The van der Waals surface area contributed by atoms with Gasteiger partial charge in [-0.15, -0.1) is 0 Å². The topological polar surface area (TPSA) is 73.4 Å². The van der Waals surface area contributed by atoms with E-state index in [0.717, 1.165) is 64.6 Å². The minimum absolute atomic E-state index is 0.0683. The SMILES string of the molecule is Cc1noc(C)c1-c1cc2ccc(=O)n(Cc3ccccn3)c2cc1OCCN1CCCC1. The van der Waals surface area contributed by atoms with Gasteiger partial charge in [0.2, 0.25) is 0 Å². The van der Waals surface area contributed by atoms with Crippen LogP contribution in [-0.4, -0.2) is 45.8 Å². The van der Waals surface area contributed by atoms with E-state index >= 15 is 0 Å². The molecule has 0 aliphatic carbocycles. The molecular formula is C26H28N4O3. The van der Waals surface area contributed by atoms with Crippen LogP contribution in [0.2, 0.25) is 0 Å². The molecule has 1 aliphatic rings. The van der Waals surface area contributed by atoms with Gasteiger partial charge in [0, 0.05) is 30.4 Å². The van der Waals surface area contributed by atoms with E-state index in [0.29, 0.717) is 13.2 Å². The number of benzene rings is 1.